The largest absolute Gasteiger partial charge is 0.393 e. The Morgan fingerprint density at radius 1 is 1.05 bits per heavy atom. The van der Waals surface area contributed by atoms with Crippen molar-refractivity contribution in [1.29, 1.82) is 0 Å². The fourth-order valence-electron chi connectivity index (χ4n) is 9.73. The molecule has 0 bridgehead atoms. The van der Waals surface area contributed by atoms with Crippen molar-refractivity contribution in [2.24, 2.45) is 46.3 Å². The molecule has 0 radical (unpaired) electrons. The van der Waals surface area contributed by atoms with Crippen LogP contribution < -0.4 is 5.32 Å². The predicted molar refractivity (Wildman–Crippen MR) is 146 cm³/mol. The number of hydrogen-bond acceptors (Lipinski definition) is 5. The summed E-state index contributed by atoms with van der Waals surface area (Å²) in [5.74, 6) is 2.49. The second-order valence-electron chi connectivity index (χ2n) is 13.4. The molecular weight excluding hydrogens is 502 g/mol. The average molecular weight is 548 g/mol. The van der Waals surface area contributed by atoms with E-state index in [1.807, 2.05) is 0 Å². The standard InChI is InChI=1S/C30H45NO6S/c1-18(8-13-28(34)31-25-6-4-5-7-26(25)38(35,36)37)22-11-12-23-21-10-9-19-16-20(32)14-15-29(19,2)24(21)17-27(33)30(22,23)3/h4-7,18-24,27,32-33H,8-17H2,1-3H3,(H,31,34)(H,35,36,37)/t18-,19-,20-,21+,22-,23+,24+,27+,29+,30-/m1/s1. The lowest BCUT2D eigenvalue weighted by molar-refractivity contribution is -0.174. The number of rotatable bonds is 6. The second kappa shape index (κ2) is 10.2. The van der Waals surface area contributed by atoms with Gasteiger partial charge in [-0.2, -0.15) is 8.42 Å². The zero-order chi connectivity index (χ0) is 27.5. The van der Waals surface area contributed by atoms with E-state index in [1.54, 1.807) is 6.07 Å². The van der Waals surface area contributed by atoms with Gasteiger partial charge in [0.1, 0.15) is 4.90 Å². The highest BCUT2D eigenvalue weighted by molar-refractivity contribution is 7.86. The summed E-state index contributed by atoms with van der Waals surface area (Å²) in [6.07, 6.45) is 8.65. The quantitative estimate of drug-likeness (QED) is 0.359. The van der Waals surface area contributed by atoms with Crippen LogP contribution in [0.5, 0.6) is 0 Å². The number of fused-ring (bicyclic) bond motifs is 5. The maximum absolute atomic E-state index is 12.8. The normalized spacial score (nSPS) is 41.5. The van der Waals surface area contributed by atoms with Gasteiger partial charge in [0.25, 0.3) is 10.1 Å². The molecule has 4 aliphatic rings. The Morgan fingerprint density at radius 3 is 2.53 bits per heavy atom. The molecule has 38 heavy (non-hydrogen) atoms. The number of anilines is 1. The molecule has 5 rings (SSSR count). The Labute approximate surface area is 227 Å². The van der Waals surface area contributed by atoms with E-state index in [2.05, 4.69) is 26.1 Å². The van der Waals surface area contributed by atoms with Gasteiger partial charge >= 0.3 is 0 Å². The molecule has 0 unspecified atom stereocenters. The van der Waals surface area contributed by atoms with Crippen LogP contribution in [0.1, 0.15) is 85.0 Å². The van der Waals surface area contributed by atoms with Gasteiger partial charge in [-0.1, -0.05) is 32.9 Å². The SMILES string of the molecule is C[C@H](CCC(=O)Nc1ccccc1S(=O)(=O)O)[C@H]1CC[C@H]2[C@@H]3CC[C@@H]4C[C@H](O)CC[C@]4(C)[C@H]3C[C@H](O)[C@]12C. The molecule has 0 spiro atoms. The minimum absolute atomic E-state index is 0.0913. The maximum Gasteiger partial charge on any atom is 0.296 e. The van der Waals surface area contributed by atoms with Crippen molar-refractivity contribution in [3.8, 4) is 0 Å². The summed E-state index contributed by atoms with van der Waals surface area (Å²) in [6.45, 7) is 6.93. The van der Waals surface area contributed by atoms with E-state index < -0.39 is 10.1 Å². The van der Waals surface area contributed by atoms with Gasteiger partial charge in [-0.3, -0.25) is 9.35 Å². The first-order valence-electron chi connectivity index (χ1n) is 14.6. The lowest BCUT2D eigenvalue weighted by Gasteiger charge is -2.62. The van der Waals surface area contributed by atoms with Crippen LogP contribution in [0.4, 0.5) is 5.69 Å². The Kier molecular flexibility index (Phi) is 7.51. The van der Waals surface area contributed by atoms with Crippen LogP contribution in [0, 0.1) is 46.3 Å². The first-order chi connectivity index (χ1) is 17.9. The zero-order valence-electron chi connectivity index (χ0n) is 23.0. The molecule has 0 aliphatic heterocycles. The monoisotopic (exact) mass is 547 g/mol. The molecule has 0 saturated heterocycles. The van der Waals surface area contributed by atoms with E-state index in [1.165, 1.54) is 31.0 Å². The van der Waals surface area contributed by atoms with Crippen molar-refractivity contribution in [2.75, 3.05) is 5.32 Å². The van der Waals surface area contributed by atoms with Crippen LogP contribution >= 0.6 is 0 Å². The first-order valence-corrected chi connectivity index (χ1v) is 16.0. The predicted octanol–water partition coefficient (Wildman–Crippen LogP) is 5.28. The molecule has 4 saturated carbocycles. The van der Waals surface area contributed by atoms with Crippen LogP contribution in [-0.4, -0.2) is 41.3 Å². The number of aliphatic hydroxyl groups is 2. The molecular formula is C30H45NO6S. The van der Waals surface area contributed by atoms with E-state index in [0.717, 1.165) is 38.5 Å². The number of amides is 1. The van der Waals surface area contributed by atoms with Gasteiger partial charge < -0.3 is 15.5 Å². The van der Waals surface area contributed by atoms with Crippen LogP contribution in [0.25, 0.3) is 0 Å². The highest BCUT2D eigenvalue weighted by Crippen LogP contribution is 2.68. The summed E-state index contributed by atoms with van der Waals surface area (Å²) < 4.78 is 32.8. The summed E-state index contributed by atoms with van der Waals surface area (Å²) in [4.78, 5) is 12.5. The van der Waals surface area contributed by atoms with E-state index >= 15 is 0 Å². The summed E-state index contributed by atoms with van der Waals surface area (Å²) in [6, 6.07) is 5.87. The fourth-order valence-corrected chi connectivity index (χ4v) is 10.4. The molecule has 4 fully saturated rings. The number of nitrogens with one attached hydrogen (secondary N) is 1. The molecule has 7 nitrogen and oxygen atoms in total. The molecule has 1 amide bonds. The molecule has 0 aromatic heterocycles. The number of hydrogen-bond donors (Lipinski definition) is 4. The Morgan fingerprint density at radius 2 is 1.79 bits per heavy atom. The zero-order valence-corrected chi connectivity index (χ0v) is 23.8. The molecule has 10 atom stereocenters. The van der Waals surface area contributed by atoms with Gasteiger partial charge in [-0.05, 0) is 116 Å². The molecule has 4 aliphatic carbocycles. The molecule has 0 heterocycles. The Hall–Kier alpha value is -1.48. The molecule has 212 valence electrons. The molecule has 1 aromatic carbocycles. The van der Waals surface area contributed by atoms with Crippen molar-refractivity contribution in [2.45, 2.75) is 102 Å². The third kappa shape index (κ3) is 4.73. The molecule has 4 N–H and O–H groups in total. The minimum atomic E-state index is -4.43. The van der Waals surface area contributed by atoms with Gasteiger partial charge in [0, 0.05) is 6.42 Å². The Bertz CT molecular complexity index is 1160. The van der Waals surface area contributed by atoms with Crippen molar-refractivity contribution in [3.63, 3.8) is 0 Å². The Balaban J connectivity index is 1.25. The average Bonchev–Trinajstić information content (AvgIpc) is 3.22. The summed E-state index contributed by atoms with van der Waals surface area (Å²) >= 11 is 0. The first kappa shape index (κ1) is 28.1. The smallest absolute Gasteiger partial charge is 0.296 e. The van der Waals surface area contributed by atoms with Gasteiger partial charge in [0.05, 0.1) is 17.9 Å². The summed E-state index contributed by atoms with van der Waals surface area (Å²) in [5.41, 5.74) is 0.143. The number of benzene rings is 1. The molecule has 8 heteroatoms. The van der Waals surface area contributed by atoms with Gasteiger partial charge in [-0.15, -0.1) is 0 Å². The number of para-hydroxylation sites is 1. The van der Waals surface area contributed by atoms with Crippen molar-refractivity contribution in [3.05, 3.63) is 24.3 Å². The number of carbonyl (C=O) groups is 1. The second-order valence-corrected chi connectivity index (χ2v) is 14.8. The lowest BCUT2D eigenvalue weighted by atomic mass is 9.43. The van der Waals surface area contributed by atoms with Gasteiger partial charge in [0.15, 0.2) is 0 Å². The van der Waals surface area contributed by atoms with Crippen LogP contribution in [0.15, 0.2) is 29.2 Å². The highest BCUT2D eigenvalue weighted by atomic mass is 32.2. The summed E-state index contributed by atoms with van der Waals surface area (Å²) in [7, 11) is -4.43. The van der Waals surface area contributed by atoms with E-state index in [-0.39, 0.29) is 51.9 Å². The molecule has 1 aromatic rings. The van der Waals surface area contributed by atoms with Crippen LogP contribution in [-0.2, 0) is 14.9 Å². The van der Waals surface area contributed by atoms with Gasteiger partial charge in [0.2, 0.25) is 5.91 Å². The summed E-state index contributed by atoms with van der Waals surface area (Å²) in [5, 5.41) is 24.7. The third-order valence-corrected chi connectivity index (χ3v) is 12.7. The van der Waals surface area contributed by atoms with Gasteiger partial charge in [-0.25, -0.2) is 0 Å². The van der Waals surface area contributed by atoms with E-state index in [4.69, 9.17) is 0 Å². The van der Waals surface area contributed by atoms with Crippen molar-refractivity contribution >= 4 is 21.7 Å². The van der Waals surface area contributed by atoms with Crippen LogP contribution in [0.2, 0.25) is 0 Å². The van der Waals surface area contributed by atoms with Crippen molar-refractivity contribution in [1.82, 2.24) is 0 Å². The minimum Gasteiger partial charge on any atom is -0.393 e. The third-order valence-electron chi connectivity index (χ3n) is 11.8. The fraction of sp³-hybridized carbons (Fsp3) is 0.767. The maximum atomic E-state index is 12.8. The van der Waals surface area contributed by atoms with Crippen molar-refractivity contribution < 1.29 is 28.0 Å². The lowest BCUT2D eigenvalue weighted by Crippen LogP contribution is -2.58. The highest BCUT2D eigenvalue weighted by Gasteiger charge is 2.63. The van der Waals surface area contributed by atoms with E-state index in [9.17, 15) is 28.0 Å². The number of aliphatic hydroxyl groups excluding tert-OH is 2. The topological polar surface area (TPSA) is 124 Å². The van der Waals surface area contributed by atoms with E-state index in [0.29, 0.717) is 36.0 Å². The number of carbonyl (C=O) groups excluding carboxylic acids is 1. The van der Waals surface area contributed by atoms with Crippen LogP contribution in [0.3, 0.4) is 0 Å².